The van der Waals surface area contributed by atoms with Crippen LogP contribution in [-0.4, -0.2) is 37.2 Å². The molecule has 57 heavy (non-hydrogen) atoms. The van der Waals surface area contributed by atoms with Gasteiger partial charge in [-0.2, -0.15) is 0 Å². The number of hydrogen-bond acceptors (Lipinski definition) is 6. The average molecular weight is 785 g/mol. The highest BCUT2D eigenvalue weighted by atomic mass is 16.6. The van der Waals surface area contributed by atoms with Gasteiger partial charge in [0.15, 0.2) is 6.10 Å². The molecule has 0 aliphatic carbocycles. The fourth-order valence-electron chi connectivity index (χ4n) is 5.10. The second-order valence-electron chi connectivity index (χ2n) is 13.7. The SMILES string of the molecule is CC\C=C/C=C\C=C/C=C\C=C\C=C/C=C\CCCCCC(=O)OCC(COC(=O)CCC/C=C\CCCCCC)OC(=O)CCC/C=C\C/C=C\C/C=C\CC. The summed E-state index contributed by atoms with van der Waals surface area (Å²) in [6, 6.07) is 0. The van der Waals surface area contributed by atoms with Gasteiger partial charge >= 0.3 is 17.9 Å². The quantitative estimate of drug-likeness (QED) is 0.0207. The van der Waals surface area contributed by atoms with Crippen molar-refractivity contribution in [3.8, 4) is 0 Å². The highest BCUT2D eigenvalue weighted by Crippen LogP contribution is 2.09. The number of hydrogen-bond donors (Lipinski definition) is 0. The Morgan fingerprint density at radius 1 is 0.386 bits per heavy atom. The summed E-state index contributed by atoms with van der Waals surface area (Å²) >= 11 is 0. The Labute approximate surface area is 347 Å². The topological polar surface area (TPSA) is 78.9 Å². The van der Waals surface area contributed by atoms with E-state index in [2.05, 4.69) is 81.5 Å². The maximum absolute atomic E-state index is 12.6. The third-order valence-electron chi connectivity index (χ3n) is 8.31. The highest BCUT2D eigenvalue weighted by molar-refractivity contribution is 5.71. The zero-order valence-corrected chi connectivity index (χ0v) is 35.8. The van der Waals surface area contributed by atoms with Crippen LogP contribution in [-0.2, 0) is 28.6 Å². The highest BCUT2D eigenvalue weighted by Gasteiger charge is 2.19. The largest absolute Gasteiger partial charge is 0.462 e. The minimum absolute atomic E-state index is 0.134. The van der Waals surface area contributed by atoms with Gasteiger partial charge < -0.3 is 14.2 Å². The van der Waals surface area contributed by atoms with E-state index in [1.807, 2.05) is 72.9 Å². The Morgan fingerprint density at radius 2 is 0.789 bits per heavy atom. The zero-order chi connectivity index (χ0) is 41.5. The second kappa shape index (κ2) is 44.3. The van der Waals surface area contributed by atoms with Gasteiger partial charge in [-0.1, -0.05) is 180 Å². The molecule has 1 unspecified atom stereocenters. The fourth-order valence-corrected chi connectivity index (χ4v) is 5.10. The van der Waals surface area contributed by atoms with Gasteiger partial charge in [-0.3, -0.25) is 14.4 Å². The maximum atomic E-state index is 12.6. The number of allylic oxidation sites excluding steroid dienone is 22. The van der Waals surface area contributed by atoms with E-state index in [1.165, 1.54) is 25.7 Å². The van der Waals surface area contributed by atoms with E-state index in [-0.39, 0.29) is 44.4 Å². The van der Waals surface area contributed by atoms with Crippen LogP contribution >= 0.6 is 0 Å². The normalized spacial score (nSPS) is 13.4. The molecular formula is C51H76O6. The summed E-state index contributed by atoms with van der Waals surface area (Å²) in [7, 11) is 0. The Hall–Kier alpha value is -4.45. The van der Waals surface area contributed by atoms with E-state index >= 15 is 0 Å². The molecular weight excluding hydrogens is 709 g/mol. The molecule has 0 fully saturated rings. The maximum Gasteiger partial charge on any atom is 0.306 e. The average Bonchev–Trinajstić information content (AvgIpc) is 3.21. The van der Waals surface area contributed by atoms with Crippen LogP contribution in [0.3, 0.4) is 0 Å². The number of ether oxygens (including phenoxy) is 3. The summed E-state index contributed by atoms with van der Waals surface area (Å²) < 4.78 is 16.5. The van der Waals surface area contributed by atoms with Crippen molar-refractivity contribution in [2.45, 2.75) is 155 Å². The summed E-state index contributed by atoms with van der Waals surface area (Å²) in [4.78, 5) is 37.6. The Bertz CT molecular complexity index is 1320. The Kier molecular flexibility index (Phi) is 40.8. The number of carbonyl (C=O) groups excluding carboxylic acids is 3. The molecule has 0 bridgehead atoms. The van der Waals surface area contributed by atoms with Crippen LogP contribution in [0.4, 0.5) is 0 Å². The van der Waals surface area contributed by atoms with Crippen molar-refractivity contribution >= 4 is 17.9 Å². The van der Waals surface area contributed by atoms with Crippen molar-refractivity contribution in [3.05, 3.63) is 134 Å². The van der Waals surface area contributed by atoms with Crippen LogP contribution in [0.25, 0.3) is 0 Å². The van der Waals surface area contributed by atoms with Gasteiger partial charge in [-0.05, 0) is 83.5 Å². The van der Waals surface area contributed by atoms with Crippen molar-refractivity contribution in [1.29, 1.82) is 0 Å². The molecule has 0 aromatic carbocycles. The predicted octanol–water partition coefficient (Wildman–Crippen LogP) is 14.0. The van der Waals surface area contributed by atoms with Gasteiger partial charge in [0, 0.05) is 19.3 Å². The molecule has 0 heterocycles. The van der Waals surface area contributed by atoms with Gasteiger partial charge in [0.25, 0.3) is 0 Å². The molecule has 0 aliphatic heterocycles. The third kappa shape index (κ3) is 42.5. The monoisotopic (exact) mass is 785 g/mol. The molecule has 0 radical (unpaired) electrons. The van der Waals surface area contributed by atoms with Crippen molar-refractivity contribution in [2.24, 2.45) is 0 Å². The molecule has 0 aliphatic rings. The summed E-state index contributed by atoms with van der Waals surface area (Å²) in [5.41, 5.74) is 0. The van der Waals surface area contributed by atoms with Crippen LogP contribution in [0.15, 0.2) is 134 Å². The fraction of sp³-hybridized carbons (Fsp3) is 0.510. The van der Waals surface area contributed by atoms with E-state index in [0.717, 1.165) is 64.2 Å². The molecule has 316 valence electrons. The van der Waals surface area contributed by atoms with Crippen LogP contribution in [0.1, 0.15) is 149 Å². The molecule has 0 aromatic heterocycles. The molecule has 0 saturated heterocycles. The van der Waals surface area contributed by atoms with Crippen LogP contribution in [0.5, 0.6) is 0 Å². The number of rotatable bonds is 36. The zero-order valence-electron chi connectivity index (χ0n) is 35.8. The Balaban J connectivity index is 4.57. The van der Waals surface area contributed by atoms with Crippen molar-refractivity contribution in [1.82, 2.24) is 0 Å². The van der Waals surface area contributed by atoms with E-state index in [4.69, 9.17) is 14.2 Å². The number of unbranched alkanes of at least 4 members (excludes halogenated alkanes) is 9. The lowest BCUT2D eigenvalue weighted by Gasteiger charge is -2.18. The first-order valence-corrected chi connectivity index (χ1v) is 21.8. The van der Waals surface area contributed by atoms with Gasteiger partial charge in [-0.25, -0.2) is 0 Å². The molecule has 0 aromatic rings. The second-order valence-corrected chi connectivity index (χ2v) is 13.7. The Morgan fingerprint density at radius 3 is 1.33 bits per heavy atom. The smallest absolute Gasteiger partial charge is 0.306 e. The predicted molar refractivity (Wildman–Crippen MR) is 242 cm³/mol. The van der Waals surface area contributed by atoms with Crippen LogP contribution < -0.4 is 0 Å². The van der Waals surface area contributed by atoms with Gasteiger partial charge in [0.1, 0.15) is 13.2 Å². The molecule has 0 saturated carbocycles. The molecule has 1 atom stereocenters. The number of esters is 3. The van der Waals surface area contributed by atoms with E-state index in [1.54, 1.807) is 0 Å². The first-order valence-electron chi connectivity index (χ1n) is 21.8. The summed E-state index contributed by atoms with van der Waals surface area (Å²) in [5.74, 6) is -1.09. The van der Waals surface area contributed by atoms with Crippen LogP contribution in [0, 0.1) is 0 Å². The van der Waals surface area contributed by atoms with E-state index < -0.39 is 12.1 Å². The first-order chi connectivity index (χ1) is 28.0. The number of carbonyl (C=O) groups is 3. The van der Waals surface area contributed by atoms with Crippen molar-refractivity contribution in [3.63, 3.8) is 0 Å². The van der Waals surface area contributed by atoms with E-state index in [0.29, 0.717) is 19.3 Å². The van der Waals surface area contributed by atoms with Gasteiger partial charge in [0.2, 0.25) is 0 Å². The summed E-state index contributed by atoms with van der Waals surface area (Å²) in [5, 5.41) is 0. The van der Waals surface area contributed by atoms with Gasteiger partial charge in [-0.15, -0.1) is 0 Å². The standard InChI is InChI=1S/C51H76O6/c1-4-7-10-13-16-19-21-22-23-24-25-26-27-28-30-32-35-38-41-44-50(53)56-47-48(46-55-49(52)43-40-37-34-31-18-15-12-9-6-3)57-51(54)45-42-39-36-33-29-20-17-14-11-8-5-2/h7-8,10-11,13,16-17,19-28,30-31,33-34,36,48H,4-6,9,12,14-15,18,29,32,35,37-47H2,1-3H3/b10-7-,11-8-,16-13-,20-17-,21-19-,23-22-,25-24+,27-26-,30-28-,34-31-,36-33-. The lowest BCUT2D eigenvalue weighted by Crippen LogP contribution is -2.30. The molecule has 0 rings (SSSR count). The molecule has 6 heteroatoms. The molecule has 0 N–H and O–H groups in total. The van der Waals surface area contributed by atoms with Crippen molar-refractivity contribution < 1.29 is 28.6 Å². The lowest BCUT2D eigenvalue weighted by atomic mass is 10.1. The lowest BCUT2D eigenvalue weighted by molar-refractivity contribution is -0.167. The minimum atomic E-state index is -0.836. The van der Waals surface area contributed by atoms with Crippen LogP contribution in [0.2, 0.25) is 0 Å². The summed E-state index contributed by atoms with van der Waals surface area (Å²) in [6.07, 6.45) is 61.6. The molecule has 6 nitrogen and oxygen atoms in total. The van der Waals surface area contributed by atoms with Gasteiger partial charge in [0.05, 0.1) is 0 Å². The molecule has 0 spiro atoms. The van der Waals surface area contributed by atoms with E-state index in [9.17, 15) is 14.4 Å². The molecule has 0 amide bonds. The third-order valence-corrected chi connectivity index (χ3v) is 8.31. The summed E-state index contributed by atoms with van der Waals surface area (Å²) in [6.45, 7) is 6.17. The minimum Gasteiger partial charge on any atom is -0.462 e. The van der Waals surface area contributed by atoms with Crippen molar-refractivity contribution in [2.75, 3.05) is 13.2 Å². The first kappa shape index (κ1) is 52.6.